The molecule has 1 aromatic heterocycles. The first-order valence-electron chi connectivity index (χ1n) is 7.77. The normalized spacial score (nSPS) is 25.1. The third-order valence-electron chi connectivity index (χ3n) is 3.80. The van der Waals surface area contributed by atoms with Crippen LogP contribution in [-0.2, 0) is 11.3 Å². The van der Waals surface area contributed by atoms with Gasteiger partial charge in [-0.3, -0.25) is 0 Å². The molecule has 22 heavy (non-hydrogen) atoms. The zero-order valence-electron chi connectivity index (χ0n) is 13.3. The fourth-order valence-corrected chi connectivity index (χ4v) is 3.75. The summed E-state index contributed by atoms with van der Waals surface area (Å²) in [7, 11) is 0. The van der Waals surface area contributed by atoms with Gasteiger partial charge in [-0.25, -0.2) is 4.98 Å². The van der Waals surface area contributed by atoms with Gasteiger partial charge in [0.15, 0.2) is 0 Å². The first-order chi connectivity index (χ1) is 10.6. The fourth-order valence-electron chi connectivity index (χ4n) is 2.91. The Morgan fingerprint density at radius 2 is 1.91 bits per heavy atom. The first-order valence-corrected chi connectivity index (χ1v) is 8.58. The maximum Gasteiger partial charge on any atom is 0.279 e. The molecule has 0 bridgehead atoms. The van der Waals surface area contributed by atoms with Crippen LogP contribution in [-0.4, -0.2) is 30.3 Å². The Kier molecular flexibility index (Phi) is 4.76. The van der Waals surface area contributed by atoms with E-state index in [1.165, 1.54) is 10.4 Å². The van der Waals surface area contributed by atoms with Gasteiger partial charge in [0.2, 0.25) is 0 Å². The molecule has 1 N–H and O–H groups in total. The van der Waals surface area contributed by atoms with Crippen LogP contribution in [0, 0.1) is 6.92 Å². The van der Waals surface area contributed by atoms with E-state index >= 15 is 0 Å². The van der Waals surface area contributed by atoms with Crippen LogP contribution in [0.2, 0.25) is 0 Å². The molecule has 0 saturated carbocycles. The van der Waals surface area contributed by atoms with Crippen molar-refractivity contribution >= 4 is 11.3 Å². The Morgan fingerprint density at radius 3 is 2.59 bits per heavy atom. The van der Waals surface area contributed by atoms with Crippen molar-refractivity contribution < 1.29 is 14.4 Å². The number of ether oxygens (including phenoxy) is 2. The van der Waals surface area contributed by atoms with Gasteiger partial charge in [-0.2, -0.15) is 0 Å². The van der Waals surface area contributed by atoms with E-state index in [1.807, 2.05) is 30.5 Å². The summed E-state index contributed by atoms with van der Waals surface area (Å²) in [5.74, 6) is 0.840. The molecule has 3 rings (SSSR count). The van der Waals surface area contributed by atoms with Gasteiger partial charge in [0, 0.05) is 0 Å². The summed E-state index contributed by atoms with van der Waals surface area (Å²) in [4.78, 5) is 7.20. The Labute approximate surface area is 135 Å². The summed E-state index contributed by atoms with van der Waals surface area (Å²) >= 11 is 1.63. The number of hydrogen-bond donors (Lipinski definition) is 1. The Balaban J connectivity index is 1.60. The van der Waals surface area contributed by atoms with Crippen molar-refractivity contribution in [1.29, 1.82) is 0 Å². The van der Waals surface area contributed by atoms with E-state index in [2.05, 4.69) is 25.8 Å². The molecule has 4 nitrogen and oxygen atoms in total. The third kappa shape index (κ3) is 4.06. The van der Waals surface area contributed by atoms with Gasteiger partial charge in [0.1, 0.15) is 37.6 Å². The minimum absolute atomic E-state index is 0.329. The average Bonchev–Trinajstić information content (AvgIpc) is 2.87. The van der Waals surface area contributed by atoms with Crippen LogP contribution in [0.5, 0.6) is 10.9 Å². The molecule has 2 aromatic rings. The topological polar surface area (TPSA) is 35.8 Å². The standard InChI is InChI=1S/C17H22N2O2S/c1-12-4-6-15(7-5-12)21-17-18-8-16(22-17)11-19-9-13(2)20-14(3)10-19/h4-8,13-14H,9-11H2,1-3H3/p+1/t13-,14-/m0/s1. The van der Waals surface area contributed by atoms with Gasteiger partial charge in [0.05, 0.1) is 11.1 Å². The first kappa shape index (κ1) is 15.5. The molecule has 1 aliphatic heterocycles. The van der Waals surface area contributed by atoms with Gasteiger partial charge >= 0.3 is 0 Å². The van der Waals surface area contributed by atoms with Crippen LogP contribution >= 0.6 is 11.3 Å². The van der Waals surface area contributed by atoms with Crippen molar-refractivity contribution in [1.82, 2.24) is 4.98 Å². The molecule has 0 unspecified atom stereocenters. The Morgan fingerprint density at radius 1 is 1.23 bits per heavy atom. The lowest BCUT2D eigenvalue weighted by atomic mass is 10.2. The van der Waals surface area contributed by atoms with Crippen LogP contribution in [0.3, 0.4) is 0 Å². The van der Waals surface area contributed by atoms with Crippen molar-refractivity contribution in [3.63, 3.8) is 0 Å². The SMILES string of the molecule is Cc1ccc(Oc2ncc(C[NH+]3C[C@H](C)O[C@@H](C)C3)s2)cc1. The molecule has 5 heteroatoms. The smallest absolute Gasteiger partial charge is 0.279 e. The van der Waals surface area contributed by atoms with Crippen LogP contribution in [0.25, 0.3) is 0 Å². The van der Waals surface area contributed by atoms with Gasteiger partial charge in [-0.1, -0.05) is 29.0 Å². The van der Waals surface area contributed by atoms with Crippen LogP contribution in [0.4, 0.5) is 0 Å². The van der Waals surface area contributed by atoms with E-state index < -0.39 is 0 Å². The van der Waals surface area contributed by atoms with E-state index in [1.54, 1.807) is 16.2 Å². The van der Waals surface area contributed by atoms with Crippen LogP contribution in [0.15, 0.2) is 30.5 Å². The molecule has 0 aliphatic carbocycles. The monoisotopic (exact) mass is 319 g/mol. The second kappa shape index (κ2) is 6.77. The van der Waals surface area contributed by atoms with E-state index in [4.69, 9.17) is 9.47 Å². The second-order valence-corrected chi connectivity index (χ2v) is 7.18. The predicted molar refractivity (Wildman–Crippen MR) is 87.8 cm³/mol. The molecule has 1 aromatic carbocycles. The zero-order chi connectivity index (χ0) is 15.5. The van der Waals surface area contributed by atoms with E-state index in [9.17, 15) is 0 Å². The van der Waals surface area contributed by atoms with E-state index in [0.717, 1.165) is 25.4 Å². The minimum atomic E-state index is 0.329. The number of nitrogens with one attached hydrogen (secondary N) is 1. The number of quaternary nitrogens is 1. The molecule has 2 atom stereocenters. The second-order valence-electron chi connectivity index (χ2n) is 6.10. The van der Waals surface area contributed by atoms with Crippen LogP contribution in [0.1, 0.15) is 24.3 Å². The van der Waals surface area contributed by atoms with Gasteiger partial charge in [-0.15, -0.1) is 0 Å². The molecule has 1 fully saturated rings. The van der Waals surface area contributed by atoms with Crippen molar-refractivity contribution in [2.24, 2.45) is 0 Å². The highest BCUT2D eigenvalue weighted by molar-refractivity contribution is 7.13. The summed E-state index contributed by atoms with van der Waals surface area (Å²) in [6, 6.07) is 8.05. The maximum absolute atomic E-state index is 5.82. The Hall–Kier alpha value is -1.43. The number of nitrogens with zero attached hydrogens (tertiary/aromatic N) is 1. The van der Waals surface area contributed by atoms with Crippen molar-refractivity contribution in [3.05, 3.63) is 40.9 Å². The summed E-state index contributed by atoms with van der Waals surface area (Å²) < 4.78 is 11.6. The number of hydrogen-bond acceptors (Lipinski definition) is 4. The van der Waals surface area contributed by atoms with Gasteiger partial charge in [-0.05, 0) is 32.9 Å². The zero-order valence-corrected chi connectivity index (χ0v) is 14.2. The number of rotatable bonds is 4. The lowest BCUT2D eigenvalue weighted by molar-refractivity contribution is -0.928. The summed E-state index contributed by atoms with van der Waals surface area (Å²) in [6.07, 6.45) is 2.59. The predicted octanol–water partition coefficient (Wildman–Crippen LogP) is 2.44. The van der Waals surface area contributed by atoms with Crippen molar-refractivity contribution in [3.8, 4) is 10.9 Å². The van der Waals surface area contributed by atoms with Gasteiger partial charge in [0.25, 0.3) is 5.19 Å². The molecule has 1 aliphatic rings. The van der Waals surface area contributed by atoms with Crippen LogP contribution < -0.4 is 9.64 Å². The number of thiazole rings is 1. The highest BCUT2D eigenvalue weighted by Crippen LogP contribution is 2.26. The van der Waals surface area contributed by atoms with E-state index in [0.29, 0.717) is 17.4 Å². The molecular formula is C17H23N2O2S+. The molecule has 0 spiro atoms. The Bertz CT molecular complexity index is 601. The fraction of sp³-hybridized carbons (Fsp3) is 0.471. The molecule has 2 heterocycles. The summed E-state index contributed by atoms with van der Waals surface area (Å²) in [6.45, 7) is 9.46. The number of morpholine rings is 1. The highest BCUT2D eigenvalue weighted by Gasteiger charge is 2.26. The lowest BCUT2D eigenvalue weighted by Gasteiger charge is -2.32. The number of aryl methyl sites for hydroxylation is 1. The number of aromatic nitrogens is 1. The minimum Gasteiger partial charge on any atom is -0.431 e. The molecule has 0 amide bonds. The van der Waals surface area contributed by atoms with Crippen molar-refractivity contribution in [2.75, 3.05) is 13.1 Å². The summed E-state index contributed by atoms with van der Waals surface area (Å²) in [5.41, 5.74) is 1.23. The molecular weight excluding hydrogens is 296 g/mol. The average molecular weight is 319 g/mol. The van der Waals surface area contributed by atoms with Gasteiger partial charge < -0.3 is 14.4 Å². The quantitative estimate of drug-likeness (QED) is 0.940. The highest BCUT2D eigenvalue weighted by atomic mass is 32.1. The summed E-state index contributed by atoms with van der Waals surface area (Å²) in [5, 5.41) is 0.715. The molecule has 0 radical (unpaired) electrons. The van der Waals surface area contributed by atoms with E-state index in [-0.39, 0.29) is 0 Å². The maximum atomic E-state index is 5.82. The lowest BCUT2D eigenvalue weighted by Crippen LogP contribution is -3.14. The number of benzene rings is 1. The molecule has 1 saturated heterocycles. The van der Waals surface area contributed by atoms with Crippen molar-refractivity contribution in [2.45, 2.75) is 39.5 Å². The largest absolute Gasteiger partial charge is 0.431 e. The molecule has 118 valence electrons. The third-order valence-corrected chi connectivity index (χ3v) is 4.67.